The molecule has 0 aromatic heterocycles. The molecule has 18 heavy (non-hydrogen) atoms. The van der Waals surface area contributed by atoms with E-state index in [1.165, 1.54) is 5.56 Å². The molecule has 0 aliphatic rings. The number of aryl methyl sites for hydroxylation is 1. The Hall–Kier alpha value is -1.06. The van der Waals surface area contributed by atoms with Gasteiger partial charge in [-0.2, -0.15) is 0 Å². The number of benzene rings is 1. The largest absolute Gasteiger partial charge is 0.507 e. The Kier molecular flexibility index (Phi) is 4.77. The van der Waals surface area contributed by atoms with Gasteiger partial charge >= 0.3 is 0 Å². The topological polar surface area (TPSA) is 26.7 Å². The van der Waals surface area contributed by atoms with E-state index >= 15 is 0 Å². The third-order valence-corrected chi connectivity index (χ3v) is 3.83. The Labute approximate surface area is 111 Å². The monoisotopic (exact) mass is 250 g/mol. The second-order valence-corrected chi connectivity index (χ2v) is 5.55. The molecule has 0 aliphatic heterocycles. The van der Waals surface area contributed by atoms with Gasteiger partial charge in [0, 0.05) is 17.6 Å². The van der Waals surface area contributed by atoms with Crippen LogP contribution in [-0.2, 0) is 0 Å². The maximum atomic E-state index is 10.2. The van der Waals surface area contributed by atoms with Gasteiger partial charge in [0.15, 0.2) is 0 Å². The fraction of sp³-hybridized carbons (Fsp3) is 0.600. The van der Waals surface area contributed by atoms with Crippen LogP contribution in [0.15, 0.2) is 12.1 Å². The molecule has 0 aliphatic carbocycles. The summed E-state index contributed by atoms with van der Waals surface area (Å²) in [6.07, 6.45) is 0. The molecule has 0 amide bonds. The van der Waals surface area contributed by atoms with Gasteiger partial charge in [-0.15, -0.1) is 0 Å². The van der Waals surface area contributed by atoms with E-state index < -0.39 is 0 Å². The van der Waals surface area contributed by atoms with Crippen molar-refractivity contribution in [2.24, 2.45) is 0 Å². The van der Waals surface area contributed by atoms with Gasteiger partial charge in [-0.25, -0.2) is 0 Å². The Bertz CT molecular complexity index is 413. The number of nitrogens with zero attached hydrogens (tertiary/aromatic N) is 2. The molecule has 1 aromatic carbocycles. The third-order valence-electron chi connectivity index (χ3n) is 3.83. The van der Waals surface area contributed by atoms with E-state index in [4.69, 9.17) is 0 Å². The first-order chi connectivity index (χ1) is 8.25. The van der Waals surface area contributed by atoms with Gasteiger partial charge in [0.05, 0.1) is 0 Å². The molecule has 0 heterocycles. The molecule has 1 rings (SSSR count). The van der Waals surface area contributed by atoms with Crippen molar-refractivity contribution in [3.63, 3.8) is 0 Å². The number of phenolic OH excluding ortho intramolecular Hbond substituents is 1. The molecule has 3 heteroatoms. The predicted molar refractivity (Wildman–Crippen MR) is 77.0 cm³/mol. The fourth-order valence-electron chi connectivity index (χ4n) is 1.97. The van der Waals surface area contributed by atoms with Crippen molar-refractivity contribution >= 4 is 0 Å². The summed E-state index contributed by atoms with van der Waals surface area (Å²) in [6, 6.07) is 4.75. The molecule has 2 unspecified atom stereocenters. The van der Waals surface area contributed by atoms with E-state index in [1.54, 1.807) is 0 Å². The lowest BCUT2D eigenvalue weighted by atomic mass is 9.96. The van der Waals surface area contributed by atoms with Crippen molar-refractivity contribution in [3.8, 4) is 5.75 Å². The summed E-state index contributed by atoms with van der Waals surface area (Å²) in [4.78, 5) is 4.29. The molecule has 102 valence electrons. The van der Waals surface area contributed by atoms with Crippen LogP contribution in [0.25, 0.3) is 0 Å². The second kappa shape index (κ2) is 5.72. The molecule has 1 aromatic rings. The minimum Gasteiger partial charge on any atom is -0.507 e. The highest BCUT2D eigenvalue weighted by atomic mass is 16.3. The normalized spacial score (nSPS) is 15.2. The van der Waals surface area contributed by atoms with Crippen molar-refractivity contribution in [1.29, 1.82) is 0 Å². The van der Waals surface area contributed by atoms with Crippen molar-refractivity contribution in [2.45, 2.75) is 32.9 Å². The van der Waals surface area contributed by atoms with Crippen LogP contribution < -0.4 is 0 Å². The van der Waals surface area contributed by atoms with Crippen LogP contribution in [0.2, 0.25) is 0 Å². The van der Waals surface area contributed by atoms with Crippen LogP contribution in [0.1, 0.15) is 42.6 Å². The first-order valence-corrected chi connectivity index (χ1v) is 6.42. The molecular formula is C15H26N2O. The van der Waals surface area contributed by atoms with E-state index in [2.05, 4.69) is 49.9 Å². The lowest BCUT2D eigenvalue weighted by molar-refractivity contribution is 0.305. The summed E-state index contributed by atoms with van der Waals surface area (Å²) in [5.74, 6) is 0.422. The highest BCUT2D eigenvalue weighted by Crippen LogP contribution is 2.33. The van der Waals surface area contributed by atoms with Gasteiger partial charge in [0.2, 0.25) is 0 Å². The Morgan fingerprint density at radius 1 is 0.944 bits per heavy atom. The van der Waals surface area contributed by atoms with Crippen molar-refractivity contribution in [1.82, 2.24) is 9.80 Å². The van der Waals surface area contributed by atoms with Gasteiger partial charge < -0.3 is 14.9 Å². The highest BCUT2D eigenvalue weighted by Gasteiger charge is 2.18. The first-order valence-electron chi connectivity index (χ1n) is 6.42. The summed E-state index contributed by atoms with van der Waals surface area (Å²) in [5.41, 5.74) is 3.20. The molecule has 1 N–H and O–H groups in total. The molecule has 0 spiro atoms. The van der Waals surface area contributed by atoms with Gasteiger partial charge in [-0.05, 0) is 66.2 Å². The molecule has 0 saturated heterocycles. The maximum absolute atomic E-state index is 10.2. The first kappa shape index (κ1) is 15.0. The smallest absolute Gasteiger partial charge is 0.123 e. The minimum absolute atomic E-state index is 0.206. The lowest BCUT2D eigenvalue weighted by Gasteiger charge is -2.26. The second-order valence-electron chi connectivity index (χ2n) is 5.55. The van der Waals surface area contributed by atoms with Gasteiger partial charge in [-0.3, -0.25) is 0 Å². The number of phenols is 1. The molecule has 0 saturated carbocycles. The summed E-state index contributed by atoms with van der Waals surface area (Å²) in [5, 5.41) is 10.2. The Balaban J connectivity index is 3.26. The van der Waals surface area contributed by atoms with Crippen molar-refractivity contribution in [3.05, 3.63) is 28.8 Å². The molecular weight excluding hydrogens is 224 g/mol. The average Bonchev–Trinajstić information content (AvgIpc) is 2.30. The lowest BCUT2D eigenvalue weighted by Crippen LogP contribution is -2.20. The number of rotatable bonds is 4. The standard InChI is InChI=1S/C15H26N2O/c1-10-8-13(11(2)16(4)5)9-14(15(10)18)12(3)17(6)7/h8-9,11-12,18H,1-7H3. The molecule has 2 atom stereocenters. The summed E-state index contributed by atoms with van der Waals surface area (Å²) >= 11 is 0. The van der Waals surface area contributed by atoms with E-state index in [1.807, 2.05) is 21.0 Å². The van der Waals surface area contributed by atoms with Crippen LogP contribution in [0, 0.1) is 6.92 Å². The molecule has 0 fully saturated rings. The predicted octanol–water partition coefficient (Wildman–Crippen LogP) is 2.95. The number of aromatic hydroxyl groups is 1. The van der Waals surface area contributed by atoms with Gasteiger partial charge in [0.1, 0.15) is 5.75 Å². The van der Waals surface area contributed by atoms with Crippen LogP contribution in [-0.4, -0.2) is 43.1 Å². The Morgan fingerprint density at radius 2 is 1.44 bits per heavy atom. The van der Waals surface area contributed by atoms with Crippen molar-refractivity contribution < 1.29 is 5.11 Å². The van der Waals surface area contributed by atoms with Crippen LogP contribution >= 0.6 is 0 Å². The van der Waals surface area contributed by atoms with E-state index in [-0.39, 0.29) is 6.04 Å². The average molecular weight is 250 g/mol. The zero-order valence-corrected chi connectivity index (χ0v) is 12.7. The minimum atomic E-state index is 0.206. The molecule has 0 radical (unpaired) electrons. The number of hydrogen-bond donors (Lipinski definition) is 1. The zero-order valence-electron chi connectivity index (χ0n) is 12.7. The van der Waals surface area contributed by atoms with E-state index in [0.717, 1.165) is 11.1 Å². The zero-order chi connectivity index (χ0) is 14.0. The number of hydrogen-bond acceptors (Lipinski definition) is 3. The quantitative estimate of drug-likeness (QED) is 0.890. The summed E-state index contributed by atoms with van der Waals surface area (Å²) in [7, 11) is 8.20. The third kappa shape index (κ3) is 3.03. The maximum Gasteiger partial charge on any atom is 0.123 e. The van der Waals surface area contributed by atoms with Gasteiger partial charge in [-0.1, -0.05) is 6.07 Å². The molecule has 0 bridgehead atoms. The van der Waals surface area contributed by atoms with E-state index in [0.29, 0.717) is 11.8 Å². The van der Waals surface area contributed by atoms with Crippen molar-refractivity contribution in [2.75, 3.05) is 28.2 Å². The van der Waals surface area contributed by atoms with Gasteiger partial charge in [0.25, 0.3) is 0 Å². The van der Waals surface area contributed by atoms with Crippen LogP contribution in [0.3, 0.4) is 0 Å². The molecule has 3 nitrogen and oxygen atoms in total. The Morgan fingerprint density at radius 3 is 1.89 bits per heavy atom. The van der Waals surface area contributed by atoms with Crippen LogP contribution in [0.5, 0.6) is 5.75 Å². The van der Waals surface area contributed by atoms with Crippen LogP contribution in [0.4, 0.5) is 0 Å². The fourth-order valence-corrected chi connectivity index (χ4v) is 1.97. The summed E-state index contributed by atoms with van der Waals surface area (Å²) in [6.45, 7) is 6.25. The SMILES string of the molecule is Cc1cc(C(C)N(C)C)cc(C(C)N(C)C)c1O. The van der Waals surface area contributed by atoms with E-state index in [9.17, 15) is 5.11 Å². The highest BCUT2D eigenvalue weighted by molar-refractivity contribution is 5.45. The summed E-state index contributed by atoms with van der Waals surface area (Å²) < 4.78 is 0.